The number of nitrogens with zero attached hydrogens (tertiary/aromatic N) is 3. The van der Waals surface area contributed by atoms with E-state index in [9.17, 15) is 9.35 Å². The third-order valence-electron chi connectivity index (χ3n) is 11.7. The molecule has 3 heterocycles. The number of allylic oxidation sites excluding steroid dienone is 1. The van der Waals surface area contributed by atoms with Crippen LogP contribution in [-0.4, -0.2) is 84.5 Å². The molecule has 6 rings (SSSR count). The minimum absolute atomic E-state index is 0.164. The van der Waals surface area contributed by atoms with E-state index < -0.39 is 11.4 Å². The van der Waals surface area contributed by atoms with Gasteiger partial charge in [0, 0.05) is 68.2 Å². The van der Waals surface area contributed by atoms with E-state index in [0.29, 0.717) is 29.9 Å². The van der Waals surface area contributed by atoms with Crippen molar-refractivity contribution in [3.8, 4) is 5.75 Å². The van der Waals surface area contributed by atoms with Crippen molar-refractivity contribution in [3.05, 3.63) is 70.3 Å². The molecule has 2 fully saturated rings. The van der Waals surface area contributed by atoms with Gasteiger partial charge in [0.15, 0.2) is 0 Å². The number of rotatable bonds is 7. The van der Waals surface area contributed by atoms with Crippen LogP contribution in [0, 0.1) is 23.7 Å². The van der Waals surface area contributed by atoms with Gasteiger partial charge < -0.3 is 24.0 Å². The van der Waals surface area contributed by atoms with E-state index in [0.717, 1.165) is 81.5 Å². The molecule has 1 aliphatic carbocycles. The van der Waals surface area contributed by atoms with Crippen LogP contribution in [0.25, 0.3) is 0 Å². The predicted molar refractivity (Wildman–Crippen MR) is 203 cm³/mol. The number of benzene rings is 2. The summed E-state index contributed by atoms with van der Waals surface area (Å²) in [6.45, 7) is 17.8. The number of hydrogen-bond donors (Lipinski definition) is 1. The summed E-state index contributed by atoms with van der Waals surface area (Å²) in [6.07, 6.45) is 11.4. The number of nitrogens with one attached hydrogen (secondary N) is 1. The van der Waals surface area contributed by atoms with Crippen LogP contribution in [0.1, 0.15) is 87.2 Å². The van der Waals surface area contributed by atoms with Gasteiger partial charge in [0.2, 0.25) is 0 Å². The molecule has 0 aromatic heterocycles. The Morgan fingerprint density at radius 3 is 2.53 bits per heavy atom. The standard InChI is InChI=1S/C40H57ClN4O3S/c1-5-8-30-22-35(41)13-15-36(30)34-26-45-25-33-11-14-37(33)32(24-44-20-18-43(17-6-2)19-21-44)10-7-9-28(3)29(4)49(47)42-40(46)31-12-16-39(48-27-34)38(45)23-31/h7,10,12-13,15-16,22-23,28-29,32-34,37H,5-6,8-9,11,14,17-21,24-27H2,1-4H3,(H,42,46)/b10-7+. The highest BCUT2D eigenvalue weighted by Crippen LogP contribution is 2.44. The van der Waals surface area contributed by atoms with Crippen LogP contribution in [0.5, 0.6) is 5.75 Å². The molecule has 1 N–H and O–H groups in total. The average molecular weight is 709 g/mol. The normalized spacial score (nSPS) is 30.8. The summed E-state index contributed by atoms with van der Waals surface area (Å²) in [7, 11) is 0. The van der Waals surface area contributed by atoms with Crippen LogP contribution >= 0.6 is 11.6 Å². The van der Waals surface area contributed by atoms with Crippen molar-refractivity contribution >= 4 is 34.6 Å². The molecule has 1 amide bonds. The Balaban J connectivity index is 1.32. The Morgan fingerprint density at radius 2 is 1.80 bits per heavy atom. The monoisotopic (exact) mass is 708 g/mol. The molecule has 268 valence electrons. The molecule has 7 unspecified atom stereocenters. The van der Waals surface area contributed by atoms with Gasteiger partial charge in [0.1, 0.15) is 11.0 Å². The molecule has 7 nitrogen and oxygen atoms in total. The van der Waals surface area contributed by atoms with E-state index in [4.69, 9.17) is 16.3 Å². The highest BCUT2D eigenvalue weighted by Gasteiger charge is 2.40. The van der Waals surface area contributed by atoms with E-state index in [1.54, 1.807) is 0 Å². The van der Waals surface area contributed by atoms with Crippen LogP contribution in [-0.2, 0) is 17.8 Å². The third-order valence-corrected chi connectivity index (χ3v) is 13.4. The summed E-state index contributed by atoms with van der Waals surface area (Å²) in [5, 5.41) is 0.608. The maximum Gasteiger partial charge on any atom is 0.292 e. The number of piperazine rings is 1. The Kier molecular flexibility index (Phi) is 12.6. The fraction of sp³-hybridized carbons (Fsp3) is 0.625. The van der Waals surface area contributed by atoms with Crippen molar-refractivity contribution in [2.75, 3.05) is 63.9 Å². The topological polar surface area (TPSA) is 71.1 Å². The van der Waals surface area contributed by atoms with Gasteiger partial charge in [0.25, 0.3) is 5.91 Å². The molecule has 0 radical (unpaired) electrons. The molecule has 1 saturated heterocycles. The summed E-state index contributed by atoms with van der Waals surface area (Å²) >= 11 is 4.99. The van der Waals surface area contributed by atoms with Gasteiger partial charge in [-0.25, -0.2) is 0 Å². The molecule has 9 heteroatoms. The zero-order valence-corrected chi connectivity index (χ0v) is 31.6. The molecule has 2 aromatic rings. The van der Waals surface area contributed by atoms with Crippen molar-refractivity contribution in [2.24, 2.45) is 23.7 Å². The SMILES string of the molecule is CCCc1cc(Cl)ccc1C1COc2ccc3cc2N(C1)CC1CCC1C(CN1CCN(CCC)CC1)/C=C/CC(C)C(C)[S+]([O-])NC3=O. The highest BCUT2D eigenvalue weighted by molar-refractivity contribution is 7.90. The number of fused-ring (bicyclic) bond motifs is 2. The summed E-state index contributed by atoms with van der Waals surface area (Å²) in [6, 6.07) is 12.1. The average Bonchev–Trinajstić information content (AvgIpc) is 3.26. The van der Waals surface area contributed by atoms with Crippen LogP contribution in [0.4, 0.5) is 5.69 Å². The maximum atomic E-state index is 13.5. The molecule has 3 aliphatic heterocycles. The summed E-state index contributed by atoms with van der Waals surface area (Å²) < 4.78 is 22.8. The zero-order chi connectivity index (χ0) is 34.5. The minimum Gasteiger partial charge on any atom is -0.593 e. The lowest BCUT2D eigenvalue weighted by molar-refractivity contribution is 0.0742. The first-order chi connectivity index (χ1) is 23.7. The zero-order valence-electron chi connectivity index (χ0n) is 30.0. The Labute approximate surface area is 303 Å². The van der Waals surface area contributed by atoms with Crippen LogP contribution in [0.3, 0.4) is 0 Å². The maximum absolute atomic E-state index is 13.5. The molecule has 2 bridgehead atoms. The van der Waals surface area contributed by atoms with E-state index in [-0.39, 0.29) is 23.0 Å². The fourth-order valence-electron chi connectivity index (χ4n) is 8.39. The van der Waals surface area contributed by atoms with Crippen molar-refractivity contribution in [2.45, 2.75) is 77.4 Å². The van der Waals surface area contributed by atoms with Crippen LogP contribution < -0.4 is 14.4 Å². The van der Waals surface area contributed by atoms with Crippen LogP contribution in [0.2, 0.25) is 5.02 Å². The van der Waals surface area contributed by atoms with Crippen LogP contribution in [0.15, 0.2) is 48.6 Å². The molecule has 7 atom stereocenters. The van der Waals surface area contributed by atoms with Crippen molar-refractivity contribution in [3.63, 3.8) is 0 Å². The van der Waals surface area contributed by atoms with Crippen molar-refractivity contribution < 1.29 is 14.1 Å². The summed E-state index contributed by atoms with van der Waals surface area (Å²) in [4.78, 5) is 21.3. The first kappa shape index (κ1) is 36.6. The third kappa shape index (κ3) is 8.81. The van der Waals surface area contributed by atoms with Gasteiger partial charge in [-0.05, 0) is 105 Å². The second-order valence-corrected chi connectivity index (χ2v) is 17.0. The molecule has 1 saturated carbocycles. The molecule has 49 heavy (non-hydrogen) atoms. The lowest BCUT2D eigenvalue weighted by Crippen LogP contribution is -2.50. The molecule has 2 aromatic carbocycles. The first-order valence-electron chi connectivity index (χ1n) is 18.9. The Morgan fingerprint density at radius 1 is 1.00 bits per heavy atom. The number of carbonyl (C=O) groups is 1. The quantitative estimate of drug-likeness (QED) is 0.240. The second kappa shape index (κ2) is 16.9. The molecular weight excluding hydrogens is 652 g/mol. The van der Waals surface area contributed by atoms with Crippen molar-refractivity contribution in [1.29, 1.82) is 0 Å². The molecular formula is C40H57ClN4O3S. The number of ether oxygens (including phenoxy) is 1. The van der Waals surface area contributed by atoms with Gasteiger partial charge in [-0.3, -0.25) is 4.79 Å². The van der Waals surface area contributed by atoms with Gasteiger partial charge in [-0.2, -0.15) is 4.72 Å². The van der Waals surface area contributed by atoms with Gasteiger partial charge in [-0.15, -0.1) is 0 Å². The number of hydrogen-bond acceptors (Lipinski definition) is 6. The summed E-state index contributed by atoms with van der Waals surface area (Å²) in [5.74, 6) is 2.49. The largest absolute Gasteiger partial charge is 0.593 e. The lowest BCUT2D eigenvalue weighted by Gasteiger charge is -2.46. The second-order valence-electron chi connectivity index (χ2n) is 15.1. The summed E-state index contributed by atoms with van der Waals surface area (Å²) in [5.41, 5.74) is 4.08. The van der Waals surface area contributed by atoms with Crippen molar-refractivity contribution in [1.82, 2.24) is 14.5 Å². The van der Waals surface area contributed by atoms with Gasteiger partial charge in [-0.1, -0.05) is 57.0 Å². The number of anilines is 1. The predicted octanol–water partition coefficient (Wildman–Crippen LogP) is 7.32. The van der Waals surface area contributed by atoms with E-state index in [1.165, 1.54) is 36.9 Å². The van der Waals surface area contributed by atoms with E-state index in [2.05, 4.69) is 64.5 Å². The Hall–Kier alpha value is -2.23. The molecule has 0 spiro atoms. The number of amides is 1. The number of aryl methyl sites for hydroxylation is 1. The number of carbonyl (C=O) groups excluding carboxylic acids is 1. The van der Waals surface area contributed by atoms with E-state index >= 15 is 0 Å². The van der Waals surface area contributed by atoms with Gasteiger partial charge in [0.05, 0.1) is 23.7 Å². The lowest BCUT2D eigenvalue weighted by atomic mass is 9.66. The smallest absolute Gasteiger partial charge is 0.292 e. The minimum atomic E-state index is -1.49. The fourth-order valence-corrected chi connectivity index (χ4v) is 9.60. The molecule has 4 aliphatic rings. The van der Waals surface area contributed by atoms with E-state index in [1.807, 2.05) is 31.2 Å². The van der Waals surface area contributed by atoms with Gasteiger partial charge >= 0.3 is 0 Å². The highest BCUT2D eigenvalue weighted by atomic mass is 35.5. The Bertz CT molecular complexity index is 1450. The number of halogens is 1. The first-order valence-corrected chi connectivity index (χ1v) is 20.5.